The number of rotatable bonds is 27. The second-order valence-corrected chi connectivity index (χ2v) is 13.3. The van der Waals surface area contributed by atoms with Crippen LogP contribution >= 0.6 is 7.82 Å². The lowest BCUT2D eigenvalue weighted by Gasteiger charge is -2.25. The van der Waals surface area contributed by atoms with E-state index in [0.29, 0.717) is 17.4 Å². The Kier molecular flexibility index (Phi) is 23.4. The lowest BCUT2D eigenvalue weighted by atomic mass is 10.1. The monoisotopic (exact) mass is 577 g/mol. The minimum Gasteiger partial charge on any atom is -0.387 e. The van der Waals surface area contributed by atoms with E-state index in [4.69, 9.17) is 9.05 Å². The van der Waals surface area contributed by atoms with Crippen molar-refractivity contribution >= 4 is 13.7 Å². The van der Waals surface area contributed by atoms with Crippen molar-refractivity contribution in [2.45, 2.75) is 135 Å². The lowest BCUT2D eigenvalue weighted by Crippen LogP contribution is -2.45. The molecule has 0 bridgehead atoms. The molecule has 1 amide bonds. The topological polar surface area (TPSA) is 105 Å². The molecule has 0 aliphatic carbocycles. The number of aliphatic hydroxyl groups is 1. The molecule has 0 heterocycles. The molecule has 0 aliphatic heterocycles. The van der Waals surface area contributed by atoms with Crippen LogP contribution in [0.3, 0.4) is 0 Å². The number of unbranched alkanes of at least 4 members (excludes halogenated alkanes) is 14. The van der Waals surface area contributed by atoms with E-state index in [0.717, 1.165) is 38.5 Å². The van der Waals surface area contributed by atoms with Crippen LogP contribution < -0.4 is 5.32 Å². The SMILES string of the molecule is CCCCCCCCCC/C=C/[C@@H](O)[C@H](COP(=O)(O)OCC[N+](C)(C)C)NC(=O)CCCCCCCCC. The van der Waals surface area contributed by atoms with Gasteiger partial charge >= 0.3 is 7.82 Å². The second-order valence-electron chi connectivity index (χ2n) is 11.8. The molecule has 0 radical (unpaired) electrons. The van der Waals surface area contributed by atoms with Crippen molar-refractivity contribution in [1.29, 1.82) is 0 Å². The number of carbonyl (C=O) groups excluding carboxylic acids is 1. The van der Waals surface area contributed by atoms with Crippen LogP contribution in [-0.4, -0.2) is 73.4 Å². The number of amides is 1. The lowest BCUT2D eigenvalue weighted by molar-refractivity contribution is -0.870. The molecule has 0 rings (SSSR count). The summed E-state index contributed by atoms with van der Waals surface area (Å²) in [7, 11) is 1.57. The van der Waals surface area contributed by atoms with Gasteiger partial charge in [-0.15, -0.1) is 0 Å². The molecule has 232 valence electrons. The Hall–Kier alpha value is -0.760. The summed E-state index contributed by atoms with van der Waals surface area (Å²) >= 11 is 0. The minimum atomic E-state index is -4.31. The molecule has 0 fully saturated rings. The zero-order valence-electron chi connectivity index (χ0n) is 25.9. The predicted molar refractivity (Wildman–Crippen MR) is 162 cm³/mol. The van der Waals surface area contributed by atoms with E-state index < -0.39 is 20.0 Å². The largest absolute Gasteiger partial charge is 0.472 e. The molecule has 0 saturated heterocycles. The quantitative estimate of drug-likeness (QED) is 0.0425. The van der Waals surface area contributed by atoms with Gasteiger partial charge in [-0.25, -0.2) is 4.57 Å². The molecular formula is C30H62N2O6P+. The van der Waals surface area contributed by atoms with Gasteiger partial charge in [0.25, 0.3) is 0 Å². The van der Waals surface area contributed by atoms with E-state index in [2.05, 4.69) is 19.2 Å². The van der Waals surface area contributed by atoms with Crippen LogP contribution in [0.15, 0.2) is 12.2 Å². The number of aliphatic hydroxyl groups excluding tert-OH is 1. The van der Waals surface area contributed by atoms with Gasteiger partial charge in [0.2, 0.25) is 5.91 Å². The minimum absolute atomic E-state index is 0.0631. The number of hydrogen-bond donors (Lipinski definition) is 3. The number of hydrogen-bond acceptors (Lipinski definition) is 5. The molecule has 0 aromatic rings. The highest BCUT2D eigenvalue weighted by Gasteiger charge is 2.27. The normalized spacial score (nSPS) is 15.4. The summed E-state index contributed by atoms with van der Waals surface area (Å²) in [6, 6.07) is -0.834. The Bertz CT molecular complexity index is 668. The maximum atomic E-state index is 12.6. The molecule has 0 aromatic heterocycles. The van der Waals surface area contributed by atoms with E-state index in [1.807, 2.05) is 27.2 Å². The molecule has 0 aliphatic rings. The zero-order chi connectivity index (χ0) is 29.4. The van der Waals surface area contributed by atoms with E-state index in [1.54, 1.807) is 6.08 Å². The van der Waals surface area contributed by atoms with Crippen LogP contribution in [-0.2, 0) is 18.4 Å². The fraction of sp³-hybridized carbons (Fsp3) is 0.900. The van der Waals surface area contributed by atoms with Crippen molar-refractivity contribution in [2.75, 3.05) is 40.9 Å². The van der Waals surface area contributed by atoms with Gasteiger partial charge in [-0.3, -0.25) is 13.8 Å². The summed E-state index contributed by atoms with van der Waals surface area (Å²) in [5.74, 6) is -0.189. The average Bonchev–Trinajstić information content (AvgIpc) is 2.86. The van der Waals surface area contributed by atoms with Gasteiger partial charge in [0.15, 0.2) is 0 Å². The average molecular weight is 578 g/mol. The summed E-state index contributed by atoms with van der Waals surface area (Å²) in [4.78, 5) is 22.7. The number of nitrogens with one attached hydrogen (secondary N) is 1. The summed E-state index contributed by atoms with van der Waals surface area (Å²) < 4.78 is 23.2. The second kappa shape index (κ2) is 23.9. The highest BCUT2D eigenvalue weighted by molar-refractivity contribution is 7.47. The first-order chi connectivity index (χ1) is 18.5. The van der Waals surface area contributed by atoms with Crippen molar-refractivity contribution in [3.63, 3.8) is 0 Å². The molecular weight excluding hydrogens is 515 g/mol. The maximum Gasteiger partial charge on any atom is 0.472 e. The number of likely N-dealkylation sites (N-methyl/N-ethyl adjacent to an activating group) is 1. The van der Waals surface area contributed by atoms with Crippen molar-refractivity contribution in [3.8, 4) is 0 Å². The fourth-order valence-electron chi connectivity index (χ4n) is 4.15. The number of phosphoric acid groups is 1. The number of phosphoric ester groups is 1. The molecule has 3 N–H and O–H groups in total. The molecule has 1 unspecified atom stereocenters. The first-order valence-electron chi connectivity index (χ1n) is 15.6. The summed E-state index contributed by atoms with van der Waals surface area (Å²) in [5, 5.41) is 13.6. The number of allylic oxidation sites excluding steroid dienone is 1. The standard InChI is InChI=1S/C30H61N2O6P/c1-6-8-10-12-14-15-16-18-19-21-23-29(33)28(27-38-39(35,36)37-26-25-32(3,4)5)31-30(34)24-22-20-17-13-11-9-7-2/h21,23,28-29,33H,6-20,22,24-27H2,1-5H3,(H-,31,34,35,36)/p+1/b23-21+/t28-,29+/m0/s1. The van der Waals surface area contributed by atoms with Gasteiger partial charge in [0.05, 0.1) is 39.9 Å². The Labute approximate surface area is 240 Å². The number of carbonyl (C=O) groups is 1. The number of nitrogens with zero attached hydrogens (tertiary/aromatic N) is 1. The molecule has 9 heteroatoms. The first kappa shape index (κ1) is 38.2. The zero-order valence-corrected chi connectivity index (χ0v) is 26.8. The molecule has 3 atom stereocenters. The van der Waals surface area contributed by atoms with Gasteiger partial charge in [-0.1, -0.05) is 109 Å². The van der Waals surface area contributed by atoms with E-state index in [-0.39, 0.29) is 19.1 Å². The molecule has 0 aromatic carbocycles. The van der Waals surface area contributed by atoms with Crippen molar-refractivity contribution in [3.05, 3.63) is 12.2 Å². The Morgan fingerprint density at radius 3 is 1.90 bits per heavy atom. The van der Waals surface area contributed by atoms with Gasteiger partial charge in [0.1, 0.15) is 13.2 Å². The van der Waals surface area contributed by atoms with Crippen LogP contribution in [0.1, 0.15) is 123 Å². The maximum absolute atomic E-state index is 12.6. The van der Waals surface area contributed by atoms with E-state index >= 15 is 0 Å². The van der Waals surface area contributed by atoms with Gasteiger partial charge < -0.3 is 19.8 Å². The molecule has 0 saturated carbocycles. The predicted octanol–water partition coefficient (Wildman–Crippen LogP) is 6.90. The molecule has 0 spiro atoms. The van der Waals surface area contributed by atoms with Crippen molar-refractivity contribution in [1.82, 2.24) is 5.32 Å². The highest BCUT2D eigenvalue weighted by Crippen LogP contribution is 2.43. The number of quaternary nitrogens is 1. The van der Waals surface area contributed by atoms with Crippen molar-refractivity contribution in [2.24, 2.45) is 0 Å². The van der Waals surface area contributed by atoms with Crippen LogP contribution in [0.5, 0.6) is 0 Å². The Morgan fingerprint density at radius 2 is 1.36 bits per heavy atom. The van der Waals surface area contributed by atoms with Crippen LogP contribution in [0.4, 0.5) is 0 Å². The van der Waals surface area contributed by atoms with E-state index in [9.17, 15) is 19.4 Å². The Morgan fingerprint density at radius 1 is 0.846 bits per heavy atom. The molecule has 39 heavy (non-hydrogen) atoms. The smallest absolute Gasteiger partial charge is 0.387 e. The molecule has 8 nitrogen and oxygen atoms in total. The summed E-state index contributed by atoms with van der Waals surface area (Å²) in [5.41, 5.74) is 0. The third kappa shape index (κ3) is 25.9. The van der Waals surface area contributed by atoms with Crippen LogP contribution in [0, 0.1) is 0 Å². The van der Waals surface area contributed by atoms with Gasteiger partial charge in [0, 0.05) is 6.42 Å². The third-order valence-electron chi connectivity index (χ3n) is 6.76. The highest BCUT2D eigenvalue weighted by atomic mass is 31.2. The van der Waals surface area contributed by atoms with Gasteiger partial charge in [-0.05, 0) is 19.3 Å². The van der Waals surface area contributed by atoms with Gasteiger partial charge in [-0.2, -0.15) is 0 Å². The van der Waals surface area contributed by atoms with Crippen LogP contribution in [0.2, 0.25) is 0 Å². The van der Waals surface area contributed by atoms with Crippen molar-refractivity contribution < 1.29 is 32.9 Å². The first-order valence-corrected chi connectivity index (χ1v) is 17.1. The van der Waals surface area contributed by atoms with Crippen LogP contribution in [0.25, 0.3) is 0 Å². The Balaban J connectivity index is 4.69. The summed E-state index contributed by atoms with van der Waals surface area (Å²) in [6.07, 6.45) is 21.4. The summed E-state index contributed by atoms with van der Waals surface area (Å²) in [6.45, 7) is 4.70. The fourth-order valence-corrected chi connectivity index (χ4v) is 4.89. The van der Waals surface area contributed by atoms with E-state index in [1.165, 1.54) is 64.2 Å². The third-order valence-corrected chi connectivity index (χ3v) is 7.74.